The van der Waals surface area contributed by atoms with E-state index in [1.54, 1.807) is 0 Å². The second-order valence-corrected chi connectivity index (χ2v) is 3.55. The summed E-state index contributed by atoms with van der Waals surface area (Å²) in [6.45, 7) is 0. The summed E-state index contributed by atoms with van der Waals surface area (Å²) in [5.74, 6) is -3.73. The molecule has 0 aliphatic carbocycles. The van der Waals surface area contributed by atoms with Crippen molar-refractivity contribution in [3.63, 3.8) is 0 Å². The molecule has 0 aliphatic heterocycles. The third kappa shape index (κ3) is 2.55. The Hall–Kier alpha value is -2.19. The Balaban J connectivity index is 3.32. The minimum atomic E-state index is -2.02. The maximum atomic E-state index is 13.2. The van der Waals surface area contributed by atoms with Crippen LogP contribution in [0.4, 0.5) is 10.1 Å². The smallest absolute Gasteiger partial charge is 0.337 e. The largest absolute Gasteiger partial charge is 0.478 e. The van der Waals surface area contributed by atoms with Gasteiger partial charge >= 0.3 is 5.97 Å². The molecule has 0 aliphatic rings. The Morgan fingerprint density at radius 1 is 1.28 bits per heavy atom. The number of hydrogen-bond donors (Lipinski definition) is 5. The van der Waals surface area contributed by atoms with Crippen LogP contribution in [-0.4, -0.2) is 33.3 Å². The summed E-state index contributed by atoms with van der Waals surface area (Å²) < 4.78 is 13.2. The van der Waals surface area contributed by atoms with E-state index in [0.717, 1.165) is 6.07 Å². The third-order valence-corrected chi connectivity index (χ3v) is 2.32. The van der Waals surface area contributed by atoms with Crippen LogP contribution in [0.5, 0.6) is 0 Å². The van der Waals surface area contributed by atoms with Gasteiger partial charge in [-0.2, -0.15) is 0 Å². The predicted molar refractivity (Wildman–Crippen MR) is 57.9 cm³/mol. The van der Waals surface area contributed by atoms with Crippen molar-refractivity contribution in [3.8, 4) is 0 Å². The molecule has 7 N–H and O–H groups in total. The van der Waals surface area contributed by atoms with E-state index in [-0.39, 0.29) is 0 Å². The molecule has 1 rings (SSSR count). The van der Waals surface area contributed by atoms with E-state index < -0.39 is 46.7 Å². The Morgan fingerprint density at radius 2 is 1.83 bits per heavy atom. The predicted octanol–water partition coefficient (Wildman–Crippen LogP) is -1.01. The number of rotatable bonds is 4. The van der Waals surface area contributed by atoms with Gasteiger partial charge in [0.1, 0.15) is 11.9 Å². The van der Waals surface area contributed by atoms with Crippen LogP contribution < -0.4 is 11.5 Å². The standard InChI is InChI=1S/C10H11FN2O5/c11-3-1-4(7(14)8(15)9(13)16)6(12)5(2-3)10(17)18/h1-2,7-8,14-15H,12H2,(H2,13,16)(H,17,18). The molecule has 98 valence electrons. The molecule has 1 aromatic rings. The molecule has 0 heterocycles. The van der Waals surface area contributed by atoms with Gasteiger partial charge in [-0.05, 0) is 12.1 Å². The second-order valence-electron chi connectivity index (χ2n) is 3.55. The molecule has 18 heavy (non-hydrogen) atoms. The number of aliphatic hydroxyl groups is 2. The molecule has 0 bridgehead atoms. The van der Waals surface area contributed by atoms with E-state index >= 15 is 0 Å². The molecule has 7 nitrogen and oxygen atoms in total. The van der Waals surface area contributed by atoms with Crippen molar-refractivity contribution in [2.45, 2.75) is 12.2 Å². The molecular weight excluding hydrogens is 247 g/mol. The van der Waals surface area contributed by atoms with Gasteiger partial charge in [-0.3, -0.25) is 4.79 Å². The third-order valence-electron chi connectivity index (χ3n) is 2.32. The fraction of sp³-hybridized carbons (Fsp3) is 0.200. The molecule has 0 saturated heterocycles. The Kier molecular flexibility index (Phi) is 3.84. The molecule has 0 fully saturated rings. The van der Waals surface area contributed by atoms with E-state index in [4.69, 9.17) is 16.6 Å². The lowest BCUT2D eigenvalue weighted by Gasteiger charge is -2.18. The number of nitrogen functional groups attached to an aromatic ring is 1. The molecule has 0 aromatic heterocycles. The van der Waals surface area contributed by atoms with Crippen LogP contribution >= 0.6 is 0 Å². The monoisotopic (exact) mass is 258 g/mol. The van der Waals surface area contributed by atoms with Crippen molar-refractivity contribution in [2.24, 2.45) is 5.73 Å². The summed E-state index contributed by atoms with van der Waals surface area (Å²) in [6, 6.07) is 1.38. The lowest BCUT2D eigenvalue weighted by atomic mass is 9.98. The molecule has 0 radical (unpaired) electrons. The SMILES string of the molecule is NC(=O)C(O)C(O)c1cc(F)cc(C(=O)O)c1N. The Labute approximate surface area is 100 Å². The molecule has 8 heteroatoms. The highest BCUT2D eigenvalue weighted by molar-refractivity contribution is 5.94. The van der Waals surface area contributed by atoms with Crippen molar-refractivity contribution < 1.29 is 29.3 Å². The summed E-state index contributed by atoms with van der Waals surface area (Å²) in [7, 11) is 0. The van der Waals surface area contributed by atoms with Gasteiger partial charge in [0.25, 0.3) is 0 Å². The first-order valence-corrected chi connectivity index (χ1v) is 4.73. The van der Waals surface area contributed by atoms with Gasteiger partial charge in [0.2, 0.25) is 5.91 Å². The minimum Gasteiger partial charge on any atom is -0.478 e. The van der Waals surface area contributed by atoms with Crippen LogP contribution in [0.1, 0.15) is 22.0 Å². The van der Waals surface area contributed by atoms with Crippen LogP contribution in [-0.2, 0) is 4.79 Å². The zero-order valence-electron chi connectivity index (χ0n) is 9.00. The fourth-order valence-corrected chi connectivity index (χ4v) is 1.39. The van der Waals surface area contributed by atoms with Gasteiger partial charge in [-0.15, -0.1) is 0 Å². The van der Waals surface area contributed by atoms with Gasteiger partial charge in [0.05, 0.1) is 11.3 Å². The number of carbonyl (C=O) groups is 2. The van der Waals surface area contributed by atoms with Crippen LogP contribution in [0.3, 0.4) is 0 Å². The van der Waals surface area contributed by atoms with E-state index in [2.05, 4.69) is 0 Å². The maximum Gasteiger partial charge on any atom is 0.337 e. The first kappa shape index (κ1) is 13.9. The quantitative estimate of drug-likeness (QED) is 0.437. The number of carbonyl (C=O) groups excluding carboxylic acids is 1. The highest BCUT2D eigenvalue weighted by Crippen LogP contribution is 2.27. The summed E-state index contributed by atoms with van der Waals surface area (Å²) in [5, 5.41) is 27.6. The average Bonchev–Trinajstić information content (AvgIpc) is 2.29. The van der Waals surface area contributed by atoms with Crippen LogP contribution in [0.25, 0.3) is 0 Å². The molecule has 1 aromatic carbocycles. The summed E-state index contributed by atoms with van der Waals surface area (Å²) in [4.78, 5) is 21.5. The number of anilines is 1. The summed E-state index contributed by atoms with van der Waals surface area (Å²) >= 11 is 0. The van der Waals surface area contributed by atoms with Crippen molar-refractivity contribution in [3.05, 3.63) is 29.1 Å². The Bertz CT molecular complexity index is 505. The number of hydrogen-bond acceptors (Lipinski definition) is 5. The lowest BCUT2D eigenvalue weighted by Crippen LogP contribution is -2.34. The van der Waals surface area contributed by atoms with Crippen molar-refractivity contribution in [1.82, 2.24) is 0 Å². The fourth-order valence-electron chi connectivity index (χ4n) is 1.39. The number of aromatic carboxylic acids is 1. The molecular formula is C10H11FN2O5. The van der Waals surface area contributed by atoms with Gasteiger partial charge in [0.15, 0.2) is 6.10 Å². The number of benzene rings is 1. The van der Waals surface area contributed by atoms with E-state index in [1.807, 2.05) is 0 Å². The van der Waals surface area contributed by atoms with Crippen molar-refractivity contribution in [2.75, 3.05) is 5.73 Å². The van der Waals surface area contributed by atoms with Gasteiger partial charge in [-0.25, -0.2) is 9.18 Å². The number of nitrogens with two attached hydrogens (primary N) is 2. The van der Waals surface area contributed by atoms with Gasteiger partial charge < -0.3 is 26.8 Å². The summed E-state index contributed by atoms with van der Waals surface area (Å²) in [5.41, 5.74) is 8.73. The number of carboxylic acids is 1. The molecule has 2 atom stereocenters. The van der Waals surface area contributed by atoms with Crippen LogP contribution in [0.2, 0.25) is 0 Å². The number of aliphatic hydroxyl groups excluding tert-OH is 2. The molecule has 2 unspecified atom stereocenters. The van der Waals surface area contributed by atoms with E-state index in [9.17, 15) is 24.2 Å². The van der Waals surface area contributed by atoms with Crippen LogP contribution in [0, 0.1) is 5.82 Å². The average molecular weight is 258 g/mol. The first-order valence-electron chi connectivity index (χ1n) is 4.73. The topological polar surface area (TPSA) is 147 Å². The number of primary amides is 1. The maximum absolute atomic E-state index is 13.2. The summed E-state index contributed by atoms with van der Waals surface area (Å²) in [6.07, 6.45) is -3.92. The number of carboxylic acid groups (broad SMARTS) is 1. The lowest BCUT2D eigenvalue weighted by molar-refractivity contribution is -0.131. The zero-order chi connectivity index (χ0) is 14.0. The molecule has 0 saturated carbocycles. The highest BCUT2D eigenvalue weighted by Gasteiger charge is 2.27. The molecule has 1 amide bonds. The van der Waals surface area contributed by atoms with Gasteiger partial charge in [-0.1, -0.05) is 0 Å². The molecule has 0 spiro atoms. The highest BCUT2D eigenvalue weighted by atomic mass is 19.1. The number of halogens is 1. The van der Waals surface area contributed by atoms with Crippen LogP contribution in [0.15, 0.2) is 12.1 Å². The zero-order valence-corrected chi connectivity index (χ0v) is 9.00. The van der Waals surface area contributed by atoms with Gasteiger partial charge in [0, 0.05) is 5.56 Å². The second kappa shape index (κ2) is 4.98. The Morgan fingerprint density at radius 3 is 2.28 bits per heavy atom. The van der Waals surface area contributed by atoms with Crippen molar-refractivity contribution in [1.29, 1.82) is 0 Å². The normalized spacial score (nSPS) is 13.9. The van der Waals surface area contributed by atoms with E-state index in [0.29, 0.717) is 6.07 Å². The number of amides is 1. The first-order chi connectivity index (χ1) is 8.25. The van der Waals surface area contributed by atoms with Crippen molar-refractivity contribution >= 4 is 17.6 Å². The van der Waals surface area contributed by atoms with E-state index in [1.165, 1.54) is 0 Å². The minimum absolute atomic E-state index is 0.418.